The molecule has 0 aliphatic carbocycles. The van der Waals surface area contributed by atoms with Crippen molar-refractivity contribution in [3.8, 4) is 0 Å². The summed E-state index contributed by atoms with van der Waals surface area (Å²) in [4.78, 5) is 32.3. The number of hydrogen-bond donors (Lipinski definition) is 1. The molecule has 0 saturated carbocycles. The summed E-state index contributed by atoms with van der Waals surface area (Å²) < 4.78 is 4.94. The van der Waals surface area contributed by atoms with Crippen molar-refractivity contribution in [2.24, 2.45) is 0 Å². The topological polar surface area (TPSA) is 81.2 Å². The predicted octanol–water partition coefficient (Wildman–Crippen LogP) is 2.75. The average Bonchev–Trinajstić information content (AvgIpc) is 2.87. The van der Waals surface area contributed by atoms with Crippen LogP contribution < -0.4 is 5.32 Å². The largest absolute Gasteiger partial charge is 0.462 e. The van der Waals surface area contributed by atoms with Gasteiger partial charge in [-0.2, -0.15) is 0 Å². The fraction of sp³-hybridized carbons (Fsp3) is 0.286. The number of anilines is 1. The summed E-state index contributed by atoms with van der Waals surface area (Å²) in [5.41, 5.74) is 0.552. The quantitative estimate of drug-likeness (QED) is 0.645. The maximum absolute atomic E-state index is 11.9. The minimum absolute atomic E-state index is 0.195. The Morgan fingerprint density at radius 1 is 1.41 bits per heavy atom. The first-order chi connectivity index (χ1) is 10.6. The van der Waals surface area contributed by atoms with E-state index in [0.29, 0.717) is 22.3 Å². The maximum atomic E-state index is 11.9. The van der Waals surface area contributed by atoms with Gasteiger partial charge in [-0.3, -0.25) is 4.79 Å². The first kappa shape index (κ1) is 16.4. The summed E-state index contributed by atoms with van der Waals surface area (Å²) in [7, 11) is 0. The summed E-state index contributed by atoms with van der Waals surface area (Å²) >= 11 is 2.45. The van der Waals surface area contributed by atoms with Gasteiger partial charge in [0.05, 0.1) is 23.1 Å². The summed E-state index contributed by atoms with van der Waals surface area (Å²) in [6.07, 6.45) is 1.68. The van der Waals surface area contributed by atoms with E-state index in [2.05, 4.69) is 15.3 Å². The van der Waals surface area contributed by atoms with Gasteiger partial charge in [0.25, 0.3) is 0 Å². The molecule has 6 nitrogen and oxygen atoms in total. The van der Waals surface area contributed by atoms with Crippen LogP contribution in [-0.4, -0.2) is 34.2 Å². The van der Waals surface area contributed by atoms with E-state index in [1.165, 1.54) is 11.8 Å². The number of thioether (sulfide) groups is 1. The smallest absolute Gasteiger partial charge is 0.350 e. The van der Waals surface area contributed by atoms with Crippen LogP contribution in [0.3, 0.4) is 0 Å². The van der Waals surface area contributed by atoms with Crippen LogP contribution >= 0.6 is 23.1 Å². The summed E-state index contributed by atoms with van der Waals surface area (Å²) in [6, 6.07) is 5.52. The lowest BCUT2D eigenvalue weighted by Crippen LogP contribution is -2.13. The summed E-state index contributed by atoms with van der Waals surface area (Å²) in [5.74, 6) is -0.384. The Morgan fingerprint density at radius 3 is 2.91 bits per heavy atom. The second kappa shape index (κ2) is 7.90. The number of carbonyl (C=O) groups excluding carboxylic acids is 2. The fourth-order valence-corrected chi connectivity index (χ4v) is 3.10. The molecule has 0 radical (unpaired) electrons. The molecule has 2 aromatic heterocycles. The molecule has 0 aromatic carbocycles. The first-order valence-corrected chi connectivity index (χ1v) is 8.38. The number of amides is 1. The number of nitrogens with one attached hydrogen (secondary N) is 1. The molecule has 0 unspecified atom stereocenters. The average molecular weight is 337 g/mol. The lowest BCUT2D eigenvalue weighted by Gasteiger charge is -2.01. The van der Waals surface area contributed by atoms with Gasteiger partial charge >= 0.3 is 5.97 Å². The monoisotopic (exact) mass is 337 g/mol. The molecule has 2 aromatic rings. The molecular formula is C14H15N3O3S2. The van der Waals surface area contributed by atoms with E-state index in [1.807, 2.05) is 18.2 Å². The van der Waals surface area contributed by atoms with Gasteiger partial charge in [0.15, 0.2) is 5.13 Å². The molecule has 2 heterocycles. The van der Waals surface area contributed by atoms with E-state index < -0.39 is 5.97 Å². The van der Waals surface area contributed by atoms with Crippen molar-refractivity contribution in [2.75, 3.05) is 17.7 Å². The second-order valence-corrected chi connectivity index (χ2v) is 6.15. The molecule has 8 heteroatoms. The van der Waals surface area contributed by atoms with Crippen molar-refractivity contribution in [2.45, 2.75) is 18.9 Å². The number of ether oxygens (including phenoxy) is 1. The zero-order valence-electron chi connectivity index (χ0n) is 12.2. The van der Waals surface area contributed by atoms with Gasteiger partial charge in [0.2, 0.25) is 5.91 Å². The molecule has 0 atom stereocenters. The fourth-order valence-electron chi connectivity index (χ4n) is 1.56. The number of hydrogen-bond acceptors (Lipinski definition) is 7. The lowest BCUT2D eigenvalue weighted by atomic mass is 10.4. The Morgan fingerprint density at radius 2 is 2.23 bits per heavy atom. The SMILES string of the molecule is CCOC(=O)c1sc(NC(=O)CSc2ccccn2)nc1C. The highest BCUT2D eigenvalue weighted by Gasteiger charge is 2.17. The van der Waals surface area contributed by atoms with Gasteiger partial charge in [-0.1, -0.05) is 29.2 Å². The number of rotatable bonds is 6. The molecule has 0 fully saturated rings. The molecule has 1 N–H and O–H groups in total. The standard InChI is InChI=1S/C14H15N3O3S2/c1-3-20-13(19)12-9(2)16-14(22-12)17-10(18)8-21-11-6-4-5-7-15-11/h4-7H,3,8H2,1-2H3,(H,16,17,18). The molecule has 116 valence electrons. The van der Waals surface area contributed by atoms with Gasteiger partial charge in [0, 0.05) is 6.20 Å². The maximum Gasteiger partial charge on any atom is 0.350 e. The van der Waals surface area contributed by atoms with Gasteiger partial charge in [0.1, 0.15) is 4.88 Å². The van der Waals surface area contributed by atoms with Crippen molar-refractivity contribution < 1.29 is 14.3 Å². The van der Waals surface area contributed by atoms with Crippen LogP contribution in [0.5, 0.6) is 0 Å². The minimum atomic E-state index is -0.416. The Labute approximate surface area is 136 Å². The van der Waals surface area contributed by atoms with E-state index in [-0.39, 0.29) is 11.7 Å². The third kappa shape index (κ3) is 4.54. The number of aromatic nitrogens is 2. The Kier molecular flexibility index (Phi) is 5.91. The molecule has 0 spiro atoms. The first-order valence-electron chi connectivity index (χ1n) is 6.58. The molecule has 22 heavy (non-hydrogen) atoms. The number of aryl methyl sites for hydroxylation is 1. The van der Waals surface area contributed by atoms with E-state index >= 15 is 0 Å². The van der Waals surface area contributed by atoms with Crippen LogP contribution in [-0.2, 0) is 9.53 Å². The van der Waals surface area contributed by atoms with E-state index in [1.54, 1.807) is 20.0 Å². The lowest BCUT2D eigenvalue weighted by molar-refractivity contribution is -0.113. The van der Waals surface area contributed by atoms with Crippen LogP contribution in [0.1, 0.15) is 22.3 Å². The number of pyridine rings is 1. The van der Waals surface area contributed by atoms with Crippen molar-refractivity contribution >= 4 is 40.1 Å². The van der Waals surface area contributed by atoms with E-state index in [0.717, 1.165) is 16.4 Å². The molecule has 0 aliphatic rings. The molecule has 1 amide bonds. The molecule has 2 rings (SSSR count). The Bertz CT molecular complexity index is 659. The minimum Gasteiger partial charge on any atom is -0.462 e. The van der Waals surface area contributed by atoms with Crippen molar-refractivity contribution in [3.63, 3.8) is 0 Å². The van der Waals surface area contributed by atoms with Crippen molar-refractivity contribution in [1.82, 2.24) is 9.97 Å². The van der Waals surface area contributed by atoms with Gasteiger partial charge in [-0.05, 0) is 26.0 Å². The van der Waals surface area contributed by atoms with Gasteiger partial charge < -0.3 is 10.1 Å². The Hall–Kier alpha value is -1.93. The van der Waals surface area contributed by atoms with Crippen LogP contribution in [0.2, 0.25) is 0 Å². The number of carbonyl (C=O) groups is 2. The summed E-state index contributed by atoms with van der Waals surface area (Å²) in [5, 5.41) is 3.86. The predicted molar refractivity (Wildman–Crippen MR) is 86.4 cm³/mol. The van der Waals surface area contributed by atoms with Crippen LogP contribution in [0.4, 0.5) is 5.13 Å². The molecule has 0 saturated heterocycles. The number of nitrogens with zero attached hydrogens (tertiary/aromatic N) is 2. The second-order valence-electron chi connectivity index (χ2n) is 4.16. The zero-order valence-corrected chi connectivity index (χ0v) is 13.8. The third-order valence-corrected chi connectivity index (χ3v) is 4.49. The highest BCUT2D eigenvalue weighted by Crippen LogP contribution is 2.24. The highest BCUT2D eigenvalue weighted by molar-refractivity contribution is 7.99. The van der Waals surface area contributed by atoms with Crippen molar-refractivity contribution in [1.29, 1.82) is 0 Å². The van der Waals surface area contributed by atoms with Gasteiger partial charge in [-0.15, -0.1) is 0 Å². The van der Waals surface area contributed by atoms with Crippen LogP contribution in [0.15, 0.2) is 29.4 Å². The highest BCUT2D eigenvalue weighted by atomic mass is 32.2. The number of esters is 1. The normalized spacial score (nSPS) is 10.3. The molecule has 0 aliphatic heterocycles. The van der Waals surface area contributed by atoms with Crippen LogP contribution in [0.25, 0.3) is 0 Å². The van der Waals surface area contributed by atoms with Crippen LogP contribution in [0, 0.1) is 6.92 Å². The number of thiazole rings is 1. The van der Waals surface area contributed by atoms with E-state index in [4.69, 9.17) is 4.74 Å². The molecular weight excluding hydrogens is 322 g/mol. The summed E-state index contributed by atoms with van der Waals surface area (Å²) in [6.45, 7) is 3.76. The third-order valence-electron chi connectivity index (χ3n) is 2.49. The van der Waals surface area contributed by atoms with E-state index in [9.17, 15) is 9.59 Å². The Balaban J connectivity index is 1.92. The van der Waals surface area contributed by atoms with Crippen molar-refractivity contribution in [3.05, 3.63) is 35.0 Å². The van der Waals surface area contributed by atoms with Gasteiger partial charge in [-0.25, -0.2) is 14.8 Å². The molecule has 0 bridgehead atoms. The zero-order chi connectivity index (χ0) is 15.9.